The van der Waals surface area contributed by atoms with Crippen molar-refractivity contribution in [3.8, 4) is 0 Å². The lowest BCUT2D eigenvalue weighted by atomic mass is 10.2. The molecule has 1 aromatic heterocycles. The first-order chi connectivity index (χ1) is 13.5. The number of rotatable bonds is 7. The summed E-state index contributed by atoms with van der Waals surface area (Å²) < 4.78 is 14.7. The zero-order valence-electron chi connectivity index (χ0n) is 15.8. The summed E-state index contributed by atoms with van der Waals surface area (Å²) in [6.07, 6.45) is 0.847. The van der Waals surface area contributed by atoms with E-state index in [1.807, 2.05) is 19.9 Å². The highest BCUT2D eigenvalue weighted by molar-refractivity contribution is 7.99. The Hall–Kier alpha value is -2.67. The largest absolute Gasteiger partial charge is 0.353 e. The number of amides is 1. The number of nitrogens with zero attached hydrogens (tertiary/aromatic N) is 2. The summed E-state index contributed by atoms with van der Waals surface area (Å²) in [6.45, 7) is 4.21. The van der Waals surface area contributed by atoms with Crippen LogP contribution < -0.4 is 10.9 Å². The molecule has 7 heteroatoms. The number of fused-ring (bicyclic) bond motifs is 1. The number of halogens is 1. The Morgan fingerprint density at radius 1 is 1.21 bits per heavy atom. The minimum absolute atomic E-state index is 0.0964. The molecule has 3 aromatic rings. The number of benzene rings is 2. The van der Waals surface area contributed by atoms with Crippen molar-refractivity contribution < 1.29 is 9.18 Å². The summed E-state index contributed by atoms with van der Waals surface area (Å²) in [5.74, 6) is -0.266. The minimum Gasteiger partial charge on any atom is -0.353 e. The predicted molar refractivity (Wildman–Crippen MR) is 110 cm³/mol. The zero-order valence-corrected chi connectivity index (χ0v) is 16.6. The Morgan fingerprint density at radius 3 is 2.64 bits per heavy atom. The minimum atomic E-state index is -0.330. The predicted octanol–water partition coefficient (Wildman–Crippen LogP) is 3.59. The molecule has 0 bridgehead atoms. The summed E-state index contributed by atoms with van der Waals surface area (Å²) in [6, 6.07) is 13.2. The summed E-state index contributed by atoms with van der Waals surface area (Å²) in [5, 5.41) is 3.89. The van der Waals surface area contributed by atoms with E-state index >= 15 is 0 Å². The van der Waals surface area contributed by atoms with Gasteiger partial charge in [0.15, 0.2) is 5.16 Å². The van der Waals surface area contributed by atoms with Crippen LogP contribution in [-0.4, -0.2) is 27.3 Å². The third-order valence-corrected chi connectivity index (χ3v) is 5.41. The van der Waals surface area contributed by atoms with Gasteiger partial charge >= 0.3 is 0 Å². The van der Waals surface area contributed by atoms with Gasteiger partial charge in [0.05, 0.1) is 23.2 Å². The quantitative estimate of drug-likeness (QED) is 0.487. The maximum Gasteiger partial charge on any atom is 0.262 e. The molecule has 146 valence electrons. The van der Waals surface area contributed by atoms with Crippen molar-refractivity contribution in [1.29, 1.82) is 0 Å². The van der Waals surface area contributed by atoms with Gasteiger partial charge in [-0.15, -0.1) is 0 Å². The Labute approximate surface area is 167 Å². The van der Waals surface area contributed by atoms with E-state index in [1.165, 1.54) is 28.5 Å². The Balaban J connectivity index is 1.93. The lowest BCUT2D eigenvalue weighted by molar-refractivity contribution is -0.119. The molecule has 5 nitrogen and oxygen atoms in total. The molecule has 0 saturated carbocycles. The molecule has 1 unspecified atom stereocenters. The van der Waals surface area contributed by atoms with Crippen LogP contribution in [0.2, 0.25) is 0 Å². The molecule has 0 saturated heterocycles. The van der Waals surface area contributed by atoms with Crippen LogP contribution in [0.3, 0.4) is 0 Å². The standard InChI is InChI=1S/C21H22FN3O2S/c1-3-14(2)23-19(26)13-28-21-24-18-7-5-4-6-17(18)20(27)25(21)12-15-8-10-16(22)11-9-15/h4-11,14H,3,12-13H2,1-2H3,(H,23,26). The summed E-state index contributed by atoms with van der Waals surface area (Å²) in [4.78, 5) is 29.8. The number of nitrogens with one attached hydrogen (secondary N) is 1. The fourth-order valence-electron chi connectivity index (χ4n) is 2.72. The van der Waals surface area contributed by atoms with Gasteiger partial charge in [-0.2, -0.15) is 0 Å². The third-order valence-electron chi connectivity index (χ3n) is 4.43. The van der Waals surface area contributed by atoms with Gasteiger partial charge in [-0.05, 0) is 43.2 Å². The van der Waals surface area contributed by atoms with Gasteiger partial charge in [0.2, 0.25) is 5.91 Å². The highest BCUT2D eigenvalue weighted by Crippen LogP contribution is 2.19. The second-order valence-corrected chi connectivity index (χ2v) is 7.54. The van der Waals surface area contributed by atoms with Crippen LogP contribution in [0.5, 0.6) is 0 Å². The Bertz CT molecular complexity index is 1030. The highest BCUT2D eigenvalue weighted by Gasteiger charge is 2.14. The van der Waals surface area contributed by atoms with Crippen molar-refractivity contribution in [3.05, 3.63) is 70.3 Å². The molecule has 0 fully saturated rings. The molecule has 1 N–H and O–H groups in total. The molecular formula is C21H22FN3O2S. The van der Waals surface area contributed by atoms with E-state index < -0.39 is 0 Å². The molecule has 1 atom stereocenters. The van der Waals surface area contributed by atoms with Crippen LogP contribution in [0.25, 0.3) is 10.9 Å². The second kappa shape index (κ2) is 9.01. The third kappa shape index (κ3) is 4.78. The fraction of sp³-hybridized carbons (Fsp3) is 0.286. The molecule has 0 aliphatic rings. The van der Waals surface area contributed by atoms with E-state index in [0.717, 1.165) is 12.0 Å². The van der Waals surface area contributed by atoms with Crippen molar-refractivity contribution >= 4 is 28.6 Å². The van der Waals surface area contributed by atoms with E-state index in [2.05, 4.69) is 10.3 Å². The SMILES string of the molecule is CCC(C)NC(=O)CSc1nc2ccccc2c(=O)n1Cc1ccc(F)cc1. The van der Waals surface area contributed by atoms with Gasteiger partial charge in [-0.3, -0.25) is 14.2 Å². The lowest BCUT2D eigenvalue weighted by Crippen LogP contribution is -2.33. The van der Waals surface area contributed by atoms with Gasteiger partial charge in [-0.1, -0.05) is 43.0 Å². The topological polar surface area (TPSA) is 64.0 Å². The van der Waals surface area contributed by atoms with Gasteiger partial charge in [0.25, 0.3) is 5.56 Å². The summed E-state index contributed by atoms with van der Waals surface area (Å²) >= 11 is 1.22. The molecule has 28 heavy (non-hydrogen) atoms. The van der Waals surface area contributed by atoms with Gasteiger partial charge in [-0.25, -0.2) is 9.37 Å². The maximum absolute atomic E-state index is 13.2. The Morgan fingerprint density at radius 2 is 1.93 bits per heavy atom. The van der Waals surface area contributed by atoms with Crippen molar-refractivity contribution in [1.82, 2.24) is 14.9 Å². The Kier molecular flexibility index (Phi) is 6.46. The molecule has 0 aliphatic carbocycles. The first-order valence-electron chi connectivity index (χ1n) is 9.14. The highest BCUT2D eigenvalue weighted by atomic mass is 32.2. The summed E-state index contributed by atoms with van der Waals surface area (Å²) in [5.41, 5.74) is 1.19. The van der Waals surface area contributed by atoms with Crippen LogP contribution in [0.15, 0.2) is 58.5 Å². The molecule has 0 spiro atoms. The average Bonchev–Trinajstić information content (AvgIpc) is 2.70. The molecule has 1 amide bonds. The van der Waals surface area contributed by atoms with Gasteiger partial charge < -0.3 is 5.32 Å². The van der Waals surface area contributed by atoms with Gasteiger partial charge in [0.1, 0.15) is 5.82 Å². The number of carbonyl (C=O) groups is 1. The normalized spacial score (nSPS) is 12.1. The summed E-state index contributed by atoms with van der Waals surface area (Å²) in [7, 11) is 0. The average molecular weight is 399 g/mol. The zero-order chi connectivity index (χ0) is 20.1. The maximum atomic E-state index is 13.2. The second-order valence-electron chi connectivity index (χ2n) is 6.59. The number of aromatic nitrogens is 2. The van der Waals surface area contributed by atoms with Crippen molar-refractivity contribution in [2.24, 2.45) is 0 Å². The number of hydrogen-bond donors (Lipinski definition) is 1. The number of hydrogen-bond acceptors (Lipinski definition) is 4. The van der Waals surface area contributed by atoms with Crippen molar-refractivity contribution in [3.63, 3.8) is 0 Å². The number of carbonyl (C=O) groups excluding carboxylic acids is 1. The van der Waals surface area contributed by atoms with Crippen LogP contribution in [-0.2, 0) is 11.3 Å². The lowest BCUT2D eigenvalue weighted by Gasteiger charge is -2.14. The van der Waals surface area contributed by atoms with Crippen LogP contribution in [0, 0.1) is 5.82 Å². The molecule has 0 aliphatic heterocycles. The van der Waals surface area contributed by atoms with E-state index in [0.29, 0.717) is 16.1 Å². The first-order valence-corrected chi connectivity index (χ1v) is 10.1. The smallest absolute Gasteiger partial charge is 0.262 e. The monoisotopic (exact) mass is 399 g/mol. The van der Waals surface area contributed by atoms with E-state index in [9.17, 15) is 14.0 Å². The number of para-hydroxylation sites is 1. The molecule has 1 heterocycles. The molecule has 3 rings (SSSR count). The van der Waals surface area contributed by atoms with E-state index in [1.54, 1.807) is 30.3 Å². The van der Waals surface area contributed by atoms with Crippen LogP contribution in [0.1, 0.15) is 25.8 Å². The van der Waals surface area contributed by atoms with Crippen molar-refractivity contribution in [2.45, 2.75) is 38.0 Å². The number of thioether (sulfide) groups is 1. The van der Waals surface area contributed by atoms with Crippen molar-refractivity contribution in [2.75, 3.05) is 5.75 Å². The molecular weight excluding hydrogens is 377 g/mol. The fourth-order valence-corrected chi connectivity index (χ4v) is 3.53. The van der Waals surface area contributed by atoms with Crippen LogP contribution >= 0.6 is 11.8 Å². The first kappa shape index (κ1) is 20.1. The van der Waals surface area contributed by atoms with E-state index in [4.69, 9.17) is 0 Å². The van der Waals surface area contributed by atoms with E-state index in [-0.39, 0.29) is 35.6 Å². The molecule has 2 aromatic carbocycles. The van der Waals surface area contributed by atoms with Crippen LogP contribution in [0.4, 0.5) is 4.39 Å². The van der Waals surface area contributed by atoms with Gasteiger partial charge in [0, 0.05) is 6.04 Å². The molecule has 0 radical (unpaired) electrons.